The summed E-state index contributed by atoms with van der Waals surface area (Å²) in [5.74, 6) is -0.850. The Morgan fingerprint density at radius 1 is 1.21 bits per heavy atom. The minimum Gasteiger partial charge on any atom is -0.480 e. The van der Waals surface area contributed by atoms with Crippen LogP contribution in [0.25, 0.3) is 0 Å². The lowest BCUT2D eigenvalue weighted by molar-refractivity contribution is -0.135. The minimum atomic E-state index is -0.850. The summed E-state index contributed by atoms with van der Waals surface area (Å²) >= 11 is 0. The maximum Gasteiger partial charge on any atom is 0.323 e. The Balaban J connectivity index is 2.24. The molecule has 0 fully saturated rings. The number of pyridine rings is 1. The van der Waals surface area contributed by atoms with E-state index < -0.39 is 5.97 Å². The van der Waals surface area contributed by atoms with Crippen LogP contribution in [0.5, 0.6) is 0 Å². The van der Waals surface area contributed by atoms with E-state index in [4.69, 9.17) is 5.11 Å². The van der Waals surface area contributed by atoms with Gasteiger partial charge in [-0.15, -0.1) is 0 Å². The van der Waals surface area contributed by atoms with E-state index in [1.165, 1.54) is 0 Å². The smallest absolute Gasteiger partial charge is 0.323 e. The number of rotatable bonds is 5. The molecule has 2 aromatic rings. The van der Waals surface area contributed by atoms with Crippen LogP contribution in [0.4, 0.5) is 5.69 Å². The van der Waals surface area contributed by atoms with Gasteiger partial charge in [0.2, 0.25) is 0 Å². The average molecular weight is 256 g/mol. The Hall–Kier alpha value is -2.36. The topological polar surface area (TPSA) is 53.4 Å². The van der Waals surface area contributed by atoms with Gasteiger partial charge in [-0.1, -0.05) is 24.3 Å². The van der Waals surface area contributed by atoms with Crippen LogP contribution in [0.3, 0.4) is 0 Å². The van der Waals surface area contributed by atoms with E-state index in [2.05, 4.69) is 4.98 Å². The Kier molecular flexibility index (Phi) is 4.13. The normalized spacial score (nSPS) is 10.2. The molecule has 1 aromatic carbocycles. The van der Waals surface area contributed by atoms with Gasteiger partial charge in [-0.2, -0.15) is 0 Å². The van der Waals surface area contributed by atoms with Crippen molar-refractivity contribution in [1.82, 2.24) is 4.98 Å². The van der Waals surface area contributed by atoms with Crippen molar-refractivity contribution in [3.8, 4) is 0 Å². The molecule has 0 spiro atoms. The number of aromatic nitrogens is 1. The number of aliphatic carboxylic acids is 1. The molecular weight excluding hydrogens is 240 g/mol. The highest BCUT2D eigenvalue weighted by atomic mass is 16.4. The van der Waals surface area contributed by atoms with Crippen LogP contribution in [0.15, 0.2) is 48.7 Å². The number of carboxylic acids is 1. The summed E-state index contributed by atoms with van der Waals surface area (Å²) in [4.78, 5) is 17.1. The van der Waals surface area contributed by atoms with E-state index >= 15 is 0 Å². The highest BCUT2D eigenvalue weighted by molar-refractivity contribution is 5.73. The summed E-state index contributed by atoms with van der Waals surface area (Å²) in [6.45, 7) is 2.43. The highest BCUT2D eigenvalue weighted by Gasteiger charge is 2.12. The molecule has 0 aliphatic rings. The zero-order valence-electron chi connectivity index (χ0n) is 10.8. The Bertz CT molecular complexity index is 555. The molecule has 0 aliphatic heterocycles. The fourth-order valence-corrected chi connectivity index (χ4v) is 1.91. The summed E-state index contributed by atoms with van der Waals surface area (Å²) in [7, 11) is 0. The average Bonchev–Trinajstić information content (AvgIpc) is 2.41. The van der Waals surface area contributed by atoms with E-state index in [-0.39, 0.29) is 6.54 Å². The van der Waals surface area contributed by atoms with Gasteiger partial charge in [0.25, 0.3) is 0 Å². The second-order valence-electron chi connectivity index (χ2n) is 4.35. The van der Waals surface area contributed by atoms with Gasteiger partial charge in [-0.25, -0.2) is 0 Å². The summed E-state index contributed by atoms with van der Waals surface area (Å²) in [6, 6.07) is 13.4. The SMILES string of the molecule is Cc1cccnc1CN(CC(=O)O)c1ccccc1. The number of nitrogens with zero attached hydrogens (tertiary/aromatic N) is 2. The number of hydrogen-bond donors (Lipinski definition) is 1. The molecule has 1 heterocycles. The van der Waals surface area contributed by atoms with E-state index in [9.17, 15) is 4.79 Å². The van der Waals surface area contributed by atoms with Crippen LogP contribution in [-0.4, -0.2) is 22.6 Å². The number of carboxylic acid groups (broad SMARTS) is 1. The Morgan fingerprint density at radius 3 is 2.58 bits per heavy atom. The van der Waals surface area contributed by atoms with Crippen LogP contribution < -0.4 is 4.90 Å². The molecule has 98 valence electrons. The standard InChI is InChI=1S/C15H16N2O2/c1-12-6-5-9-16-14(12)10-17(11-15(18)19)13-7-3-2-4-8-13/h2-9H,10-11H2,1H3,(H,18,19). The molecular formula is C15H16N2O2. The lowest BCUT2D eigenvalue weighted by Crippen LogP contribution is -2.29. The van der Waals surface area contributed by atoms with Gasteiger partial charge >= 0.3 is 5.97 Å². The molecule has 4 nitrogen and oxygen atoms in total. The number of carbonyl (C=O) groups is 1. The molecule has 0 aliphatic carbocycles. The zero-order valence-corrected chi connectivity index (χ0v) is 10.8. The van der Waals surface area contributed by atoms with Crippen molar-refractivity contribution in [1.29, 1.82) is 0 Å². The molecule has 19 heavy (non-hydrogen) atoms. The maximum atomic E-state index is 11.0. The zero-order chi connectivity index (χ0) is 13.7. The Labute approximate surface area is 112 Å². The predicted molar refractivity (Wildman–Crippen MR) is 74.1 cm³/mol. The molecule has 0 radical (unpaired) electrons. The third-order valence-electron chi connectivity index (χ3n) is 2.91. The molecule has 4 heteroatoms. The lowest BCUT2D eigenvalue weighted by Gasteiger charge is -2.23. The third kappa shape index (κ3) is 3.55. The van der Waals surface area contributed by atoms with Gasteiger partial charge < -0.3 is 10.0 Å². The molecule has 0 amide bonds. The highest BCUT2D eigenvalue weighted by Crippen LogP contribution is 2.17. The minimum absolute atomic E-state index is 0.0416. The van der Waals surface area contributed by atoms with Crippen LogP contribution in [0.2, 0.25) is 0 Å². The summed E-state index contributed by atoms with van der Waals surface area (Å²) in [5.41, 5.74) is 2.84. The summed E-state index contributed by atoms with van der Waals surface area (Å²) in [5, 5.41) is 9.03. The second kappa shape index (κ2) is 6.00. The van der Waals surface area contributed by atoms with Crippen LogP contribution in [0.1, 0.15) is 11.3 Å². The van der Waals surface area contributed by atoms with Gasteiger partial charge in [-0.3, -0.25) is 9.78 Å². The van der Waals surface area contributed by atoms with Crippen LogP contribution >= 0.6 is 0 Å². The van der Waals surface area contributed by atoms with Gasteiger partial charge in [0.05, 0.1) is 12.2 Å². The van der Waals surface area contributed by atoms with E-state index in [0.717, 1.165) is 16.9 Å². The number of hydrogen-bond acceptors (Lipinski definition) is 3. The molecule has 1 N–H and O–H groups in total. The van der Waals surface area contributed by atoms with Crippen molar-refractivity contribution in [2.45, 2.75) is 13.5 Å². The van der Waals surface area contributed by atoms with Gasteiger partial charge in [0.1, 0.15) is 6.54 Å². The summed E-state index contributed by atoms with van der Waals surface area (Å²) < 4.78 is 0. The fourth-order valence-electron chi connectivity index (χ4n) is 1.91. The Morgan fingerprint density at radius 2 is 1.95 bits per heavy atom. The molecule has 2 rings (SSSR count). The van der Waals surface area contributed by atoms with Crippen molar-refractivity contribution in [3.05, 3.63) is 59.9 Å². The largest absolute Gasteiger partial charge is 0.480 e. The summed E-state index contributed by atoms with van der Waals surface area (Å²) in [6.07, 6.45) is 1.73. The van der Waals surface area contributed by atoms with Crippen LogP contribution in [0, 0.1) is 6.92 Å². The number of aryl methyl sites for hydroxylation is 1. The van der Waals surface area contributed by atoms with Crippen molar-refractivity contribution >= 4 is 11.7 Å². The van der Waals surface area contributed by atoms with E-state index in [0.29, 0.717) is 6.54 Å². The predicted octanol–water partition coefficient (Wildman–Crippen LogP) is 2.48. The molecule has 0 saturated carbocycles. The first-order chi connectivity index (χ1) is 9.16. The second-order valence-corrected chi connectivity index (χ2v) is 4.35. The first-order valence-electron chi connectivity index (χ1n) is 6.09. The number of para-hydroxylation sites is 1. The molecule has 0 saturated heterocycles. The van der Waals surface area contributed by atoms with E-state index in [1.807, 2.05) is 49.4 Å². The molecule has 0 unspecified atom stereocenters. The van der Waals surface area contributed by atoms with Gasteiger partial charge in [0, 0.05) is 11.9 Å². The first-order valence-corrected chi connectivity index (χ1v) is 6.09. The van der Waals surface area contributed by atoms with Crippen molar-refractivity contribution in [2.75, 3.05) is 11.4 Å². The number of benzene rings is 1. The van der Waals surface area contributed by atoms with Gasteiger partial charge in [-0.05, 0) is 30.7 Å². The fraction of sp³-hybridized carbons (Fsp3) is 0.200. The first kappa shape index (κ1) is 13.1. The number of anilines is 1. The van der Waals surface area contributed by atoms with Crippen molar-refractivity contribution in [2.24, 2.45) is 0 Å². The lowest BCUT2D eigenvalue weighted by atomic mass is 10.2. The molecule has 0 atom stereocenters. The monoisotopic (exact) mass is 256 g/mol. The van der Waals surface area contributed by atoms with Gasteiger partial charge in [0.15, 0.2) is 0 Å². The quantitative estimate of drug-likeness (QED) is 0.893. The van der Waals surface area contributed by atoms with Crippen molar-refractivity contribution in [3.63, 3.8) is 0 Å². The molecule has 0 bridgehead atoms. The third-order valence-corrected chi connectivity index (χ3v) is 2.91. The maximum absolute atomic E-state index is 11.0. The van der Waals surface area contributed by atoms with Crippen molar-refractivity contribution < 1.29 is 9.90 Å². The van der Waals surface area contributed by atoms with E-state index in [1.54, 1.807) is 11.1 Å². The molecule has 1 aromatic heterocycles. The van der Waals surface area contributed by atoms with Crippen LogP contribution in [-0.2, 0) is 11.3 Å².